The van der Waals surface area contributed by atoms with Crippen molar-refractivity contribution in [2.75, 3.05) is 27.7 Å². The number of fused-ring (bicyclic) bond motifs is 1. The number of carbonyl (C=O) groups excluding carboxylic acids is 2. The second kappa shape index (κ2) is 6.28. The van der Waals surface area contributed by atoms with E-state index in [1.54, 1.807) is 11.0 Å². The smallest absolute Gasteiger partial charge is 0.328 e. The molecule has 6 heteroatoms. The number of likely N-dealkylation sites (tertiary alicyclic amines) is 1. The van der Waals surface area contributed by atoms with E-state index in [0.717, 1.165) is 11.1 Å². The first-order chi connectivity index (χ1) is 11.4. The molecular formula is C18H22N2O4. The normalized spacial score (nSPS) is 20.8. The Hall–Kier alpha value is -2.34. The van der Waals surface area contributed by atoms with E-state index in [9.17, 15) is 9.59 Å². The summed E-state index contributed by atoms with van der Waals surface area (Å²) in [7, 11) is 5.25. The highest BCUT2D eigenvalue weighted by Gasteiger charge is 2.41. The first-order valence-corrected chi connectivity index (χ1v) is 7.96. The number of carbonyl (C=O) groups is 2. The van der Waals surface area contributed by atoms with E-state index < -0.39 is 6.04 Å². The lowest BCUT2D eigenvalue weighted by Gasteiger charge is -2.23. The number of hydrogen-bond donors (Lipinski definition) is 0. The van der Waals surface area contributed by atoms with Crippen molar-refractivity contribution in [2.24, 2.45) is 0 Å². The molecule has 0 radical (unpaired) electrons. The maximum absolute atomic E-state index is 13.1. The van der Waals surface area contributed by atoms with E-state index in [1.807, 2.05) is 44.1 Å². The average molecular weight is 330 g/mol. The summed E-state index contributed by atoms with van der Waals surface area (Å²) in [6, 6.07) is 6.93. The fourth-order valence-corrected chi connectivity index (χ4v) is 3.29. The minimum absolute atomic E-state index is 0.121. The number of nitrogens with zero attached hydrogens (tertiary/aromatic N) is 2. The van der Waals surface area contributed by atoms with Gasteiger partial charge in [0.2, 0.25) is 0 Å². The molecule has 1 aliphatic heterocycles. The highest BCUT2D eigenvalue weighted by atomic mass is 16.5. The van der Waals surface area contributed by atoms with Crippen LogP contribution in [0.3, 0.4) is 0 Å². The first-order valence-electron chi connectivity index (χ1n) is 7.96. The molecule has 2 heterocycles. The molecule has 6 nitrogen and oxygen atoms in total. The average Bonchev–Trinajstić information content (AvgIpc) is 3.15. The van der Waals surface area contributed by atoms with Gasteiger partial charge in [0.15, 0.2) is 0 Å². The van der Waals surface area contributed by atoms with Crippen LogP contribution >= 0.6 is 0 Å². The maximum Gasteiger partial charge on any atom is 0.328 e. The molecule has 3 rings (SSSR count). The Kier molecular flexibility index (Phi) is 4.32. The molecule has 0 bridgehead atoms. The van der Waals surface area contributed by atoms with E-state index in [4.69, 9.17) is 9.15 Å². The molecule has 1 aromatic carbocycles. The second-order valence-corrected chi connectivity index (χ2v) is 6.43. The van der Waals surface area contributed by atoms with Gasteiger partial charge in [0.1, 0.15) is 17.4 Å². The lowest BCUT2D eigenvalue weighted by Crippen LogP contribution is -2.41. The van der Waals surface area contributed by atoms with Crippen LogP contribution in [0, 0.1) is 6.92 Å². The number of aryl methyl sites for hydroxylation is 1. The van der Waals surface area contributed by atoms with Crippen molar-refractivity contribution in [3.05, 3.63) is 35.6 Å². The predicted molar refractivity (Wildman–Crippen MR) is 89.9 cm³/mol. The number of benzene rings is 1. The summed E-state index contributed by atoms with van der Waals surface area (Å²) in [4.78, 5) is 28.9. The zero-order valence-electron chi connectivity index (χ0n) is 14.4. The van der Waals surface area contributed by atoms with Crippen LogP contribution in [-0.4, -0.2) is 61.5 Å². The zero-order chi connectivity index (χ0) is 17.4. The molecule has 1 aliphatic rings. The summed E-state index contributed by atoms with van der Waals surface area (Å²) in [6.45, 7) is 2.34. The molecular weight excluding hydrogens is 308 g/mol. The topological polar surface area (TPSA) is 63.0 Å². The number of methoxy groups -OCH3 is 1. The molecule has 0 unspecified atom stereocenters. The molecule has 0 N–H and O–H groups in total. The summed E-state index contributed by atoms with van der Waals surface area (Å²) < 4.78 is 10.6. The molecule has 1 amide bonds. The van der Waals surface area contributed by atoms with E-state index >= 15 is 0 Å². The van der Waals surface area contributed by atoms with Crippen LogP contribution in [-0.2, 0) is 9.53 Å². The number of rotatable bonds is 3. The summed E-state index contributed by atoms with van der Waals surface area (Å²) >= 11 is 0. The lowest BCUT2D eigenvalue weighted by atomic mass is 10.1. The van der Waals surface area contributed by atoms with Crippen molar-refractivity contribution in [2.45, 2.75) is 25.4 Å². The molecule has 0 spiro atoms. The third-order valence-electron chi connectivity index (χ3n) is 4.64. The fraction of sp³-hybridized carbons (Fsp3) is 0.444. The van der Waals surface area contributed by atoms with Gasteiger partial charge in [-0.1, -0.05) is 12.1 Å². The highest BCUT2D eigenvalue weighted by Crippen LogP contribution is 2.28. The fourth-order valence-electron chi connectivity index (χ4n) is 3.29. The van der Waals surface area contributed by atoms with Gasteiger partial charge in [-0.25, -0.2) is 4.79 Å². The molecule has 0 saturated carbocycles. The molecule has 2 aromatic rings. The number of ether oxygens (including phenoxy) is 1. The van der Waals surface area contributed by atoms with Gasteiger partial charge >= 0.3 is 5.97 Å². The second-order valence-electron chi connectivity index (χ2n) is 6.43. The quantitative estimate of drug-likeness (QED) is 0.806. The van der Waals surface area contributed by atoms with Crippen molar-refractivity contribution < 1.29 is 18.7 Å². The number of para-hydroxylation sites is 1. The van der Waals surface area contributed by atoms with Crippen molar-refractivity contribution in [1.82, 2.24) is 9.80 Å². The van der Waals surface area contributed by atoms with Crippen LogP contribution < -0.4 is 0 Å². The van der Waals surface area contributed by atoms with Crippen molar-refractivity contribution in [3.8, 4) is 0 Å². The molecule has 1 aromatic heterocycles. The van der Waals surface area contributed by atoms with Gasteiger partial charge in [-0.15, -0.1) is 0 Å². The van der Waals surface area contributed by atoms with Gasteiger partial charge in [0, 0.05) is 18.0 Å². The van der Waals surface area contributed by atoms with Crippen LogP contribution in [0.25, 0.3) is 11.0 Å². The van der Waals surface area contributed by atoms with Crippen LogP contribution in [0.15, 0.2) is 28.7 Å². The van der Waals surface area contributed by atoms with Gasteiger partial charge in [0.05, 0.1) is 12.7 Å². The van der Waals surface area contributed by atoms with Crippen LogP contribution in [0.5, 0.6) is 0 Å². The van der Waals surface area contributed by atoms with Gasteiger partial charge in [-0.2, -0.15) is 0 Å². The van der Waals surface area contributed by atoms with E-state index in [-0.39, 0.29) is 17.9 Å². The number of amides is 1. The van der Waals surface area contributed by atoms with Crippen molar-refractivity contribution in [3.63, 3.8) is 0 Å². The van der Waals surface area contributed by atoms with Crippen LogP contribution in [0.2, 0.25) is 0 Å². The van der Waals surface area contributed by atoms with E-state index in [1.165, 1.54) is 7.11 Å². The largest absolute Gasteiger partial charge is 0.467 e. The Bertz CT molecular complexity index is 780. The Morgan fingerprint density at radius 1 is 1.33 bits per heavy atom. The third-order valence-corrected chi connectivity index (χ3v) is 4.64. The molecule has 1 saturated heterocycles. The number of esters is 1. The number of hydrogen-bond acceptors (Lipinski definition) is 5. The van der Waals surface area contributed by atoms with Gasteiger partial charge in [-0.3, -0.25) is 4.79 Å². The Balaban J connectivity index is 1.98. The standard InChI is InChI=1S/C18H22N2O4/c1-11-8-12-6-5-7-14(16(12)24-11)17(21)20-10-13(19(2)3)9-15(20)18(22)23-4/h5-8,13,15H,9-10H2,1-4H3/t13-,15+/m1/s1. The number of likely N-dealkylation sites (N-methyl/N-ethyl adjacent to an activating group) is 1. The van der Waals surface area contributed by atoms with Gasteiger partial charge in [-0.05, 0) is 39.6 Å². The summed E-state index contributed by atoms with van der Waals surface area (Å²) in [5.74, 6) is 0.174. The molecule has 128 valence electrons. The third kappa shape index (κ3) is 2.78. The van der Waals surface area contributed by atoms with E-state index in [0.29, 0.717) is 24.1 Å². The molecule has 0 aliphatic carbocycles. The SMILES string of the molecule is COC(=O)[C@@H]1C[C@@H](N(C)C)CN1C(=O)c1cccc2cc(C)oc12. The minimum Gasteiger partial charge on any atom is -0.467 e. The van der Waals surface area contributed by atoms with Gasteiger partial charge < -0.3 is 19.0 Å². The van der Waals surface area contributed by atoms with Crippen LogP contribution in [0.4, 0.5) is 0 Å². The monoisotopic (exact) mass is 330 g/mol. The number of furan rings is 1. The summed E-state index contributed by atoms with van der Waals surface area (Å²) in [5.41, 5.74) is 1.05. The van der Waals surface area contributed by atoms with E-state index in [2.05, 4.69) is 0 Å². The van der Waals surface area contributed by atoms with Gasteiger partial charge in [0.25, 0.3) is 5.91 Å². The molecule has 2 atom stereocenters. The van der Waals surface area contributed by atoms with Crippen molar-refractivity contribution >= 4 is 22.8 Å². The first kappa shape index (κ1) is 16.5. The minimum atomic E-state index is -0.568. The lowest BCUT2D eigenvalue weighted by molar-refractivity contribution is -0.145. The molecule has 1 fully saturated rings. The molecule has 24 heavy (non-hydrogen) atoms. The highest BCUT2D eigenvalue weighted by molar-refractivity contribution is 6.06. The van der Waals surface area contributed by atoms with Crippen LogP contribution in [0.1, 0.15) is 22.5 Å². The summed E-state index contributed by atoms with van der Waals surface area (Å²) in [5, 5.41) is 0.885. The summed E-state index contributed by atoms with van der Waals surface area (Å²) in [6.07, 6.45) is 0.568. The Morgan fingerprint density at radius 2 is 2.08 bits per heavy atom. The Labute approximate surface area is 141 Å². The maximum atomic E-state index is 13.1. The predicted octanol–water partition coefficient (Wildman–Crippen LogP) is 2.06. The zero-order valence-corrected chi connectivity index (χ0v) is 14.4. The van der Waals surface area contributed by atoms with Crippen molar-refractivity contribution in [1.29, 1.82) is 0 Å². The Morgan fingerprint density at radius 3 is 2.75 bits per heavy atom.